The lowest BCUT2D eigenvalue weighted by atomic mass is 10.2. The Labute approximate surface area is 146 Å². The molecule has 4 rings (SSSR count). The maximum Gasteiger partial charge on any atom is 0.178 e. The van der Waals surface area contributed by atoms with E-state index in [0.29, 0.717) is 6.54 Å². The molecule has 0 aliphatic rings. The normalized spacial score (nSPS) is 11.6. The van der Waals surface area contributed by atoms with Crippen LogP contribution in [0.25, 0.3) is 22.3 Å². The average Bonchev–Trinajstić information content (AvgIpc) is 3.18. The molecule has 25 heavy (non-hydrogen) atoms. The SMILES string of the molecule is CCCc1nc2nccc(Cn3c(CC)nc4c(C)ccnc43)c2[nH]1. The third-order valence-corrected chi connectivity index (χ3v) is 4.57. The first-order valence-electron chi connectivity index (χ1n) is 8.84. The molecule has 0 radical (unpaired) electrons. The summed E-state index contributed by atoms with van der Waals surface area (Å²) in [4.78, 5) is 21.8. The number of nitrogens with zero attached hydrogens (tertiary/aromatic N) is 5. The number of pyridine rings is 2. The number of hydrogen-bond donors (Lipinski definition) is 1. The van der Waals surface area contributed by atoms with Gasteiger partial charge in [-0.1, -0.05) is 13.8 Å². The van der Waals surface area contributed by atoms with Crippen molar-refractivity contribution in [1.29, 1.82) is 0 Å². The highest BCUT2D eigenvalue weighted by molar-refractivity contribution is 5.77. The molecule has 0 aliphatic carbocycles. The highest BCUT2D eigenvalue weighted by Gasteiger charge is 2.15. The number of hydrogen-bond acceptors (Lipinski definition) is 4. The molecule has 1 N–H and O–H groups in total. The van der Waals surface area contributed by atoms with Crippen LogP contribution in [-0.4, -0.2) is 29.5 Å². The molecule has 4 aromatic heterocycles. The molecule has 4 heterocycles. The summed E-state index contributed by atoms with van der Waals surface area (Å²) in [5.74, 6) is 2.05. The summed E-state index contributed by atoms with van der Waals surface area (Å²) in [6, 6.07) is 4.06. The number of imidazole rings is 2. The van der Waals surface area contributed by atoms with Crippen LogP contribution in [0.2, 0.25) is 0 Å². The lowest BCUT2D eigenvalue weighted by molar-refractivity contribution is 0.748. The van der Waals surface area contributed by atoms with Gasteiger partial charge in [0.05, 0.1) is 12.1 Å². The first-order chi connectivity index (χ1) is 12.2. The predicted octanol–water partition coefficient (Wildman–Crippen LogP) is 3.57. The smallest absolute Gasteiger partial charge is 0.178 e. The van der Waals surface area contributed by atoms with Crippen molar-refractivity contribution in [2.24, 2.45) is 0 Å². The Bertz CT molecular complexity index is 1040. The molecule has 6 nitrogen and oxygen atoms in total. The quantitative estimate of drug-likeness (QED) is 0.605. The minimum absolute atomic E-state index is 0.711. The Hall–Kier alpha value is -2.76. The second-order valence-corrected chi connectivity index (χ2v) is 6.37. The van der Waals surface area contributed by atoms with E-state index in [1.807, 2.05) is 18.5 Å². The van der Waals surface area contributed by atoms with E-state index in [1.54, 1.807) is 0 Å². The highest BCUT2D eigenvalue weighted by Crippen LogP contribution is 2.22. The van der Waals surface area contributed by atoms with Crippen LogP contribution < -0.4 is 0 Å². The molecule has 0 atom stereocenters. The fourth-order valence-corrected chi connectivity index (χ4v) is 3.29. The van der Waals surface area contributed by atoms with Crippen LogP contribution in [0.4, 0.5) is 0 Å². The number of nitrogens with one attached hydrogen (secondary N) is 1. The Balaban J connectivity index is 1.84. The van der Waals surface area contributed by atoms with Crippen LogP contribution in [0.3, 0.4) is 0 Å². The molecule has 0 aliphatic heterocycles. The van der Waals surface area contributed by atoms with Gasteiger partial charge in [0.2, 0.25) is 0 Å². The molecule has 0 unspecified atom stereocenters. The van der Waals surface area contributed by atoms with Crippen LogP contribution >= 0.6 is 0 Å². The summed E-state index contributed by atoms with van der Waals surface area (Å²) in [7, 11) is 0. The van der Waals surface area contributed by atoms with Crippen molar-refractivity contribution >= 4 is 22.3 Å². The van der Waals surface area contributed by atoms with E-state index < -0.39 is 0 Å². The number of rotatable bonds is 5. The van der Waals surface area contributed by atoms with Gasteiger partial charge >= 0.3 is 0 Å². The second kappa shape index (κ2) is 6.27. The summed E-state index contributed by atoms with van der Waals surface area (Å²) in [6.07, 6.45) is 6.55. The minimum Gasteiger partial charge on any atom is -0.340 e. The van der Waals surface area contributed by atoms with Crippen molar-refractivity contribution in [3.8, 4) is 0 Å². The van der Waals surface area contributed by atoms with Crippen LogP contribution in [0, 0.1) is 6.92 Å². The van der Waals surface area contributed by atoms with E-state index in [4.69, 9.17) is 4.98 Å². The standard InChI is InChI=1S/C19H22N6/c1-4-6-14-22-17-13(8-10-20-18(17)23-14)11-25-15(5-2)24-16-12(3)7-9-21-19(16)25/h7-10H,4-6,11H2,1-3H3,(H,20,22,23). The molecule has 128 valence electrons. The van der Waals surface area contributed by atoms with Crippen molar-refractivity contribution in [3.63, 3.8) is 0 Å². The third kappa shape index (κ3) is 2.67. The molecule has 0 fully saturated rings. The summed E-state index contributed by atoms with van der Waals surface area (Å²) in [5, 5.41) is 0. The van der Waals surface area contributed by atoms with Gasteiger partial charge in [-0.2, -0.15) is 0 Å². The Kier molecular flexibility index (Phi) is 3.95. The van der Waals surface area contributed by atoms with Gasteiger partial charge < -0.3 is 9.55 Å². The summed E-state index contributed by atoms with van der Waals surface area (Å²) in [5.41, 5.74) is 6.05. The molecular weight excluding hydrogens is 312 g/mol. The molecule has 0 spiro atoms. The Morgan fingerprint density at radius 3 is 2.72 bits per heavy atom. The lowest BCUT2D eigenvalue weighted by Crippen LogP contribution is -2.06. The van der Waals surface area contributed by atoms with Gasteiger partial charge in [-0.05, 0) is 31.0 Å². The molecule has 6 heteroatoms. The molecular formula is C19H22N6. The molecule has 0 bridgehead atoms. The van der Waals surface area contributed by atoms with Gasteiger partial charge in [0.1, 0.15) is 17.2 Å². The number of aromatic nitrogens is 6. The Morgan fingerprint density at radius 2 is 1.92 bits per heavy atom. The van der Waals surface area contributed by atoms with Crippen LogP contribution in [0.1, 0.15) is 43.0 Å². The zero-order chi connectivity index (χ0) is 17.4. The van der Waals surface area contributed by atoms with Gasteiger partial charge in [0.15, 0.2) is 11.3 Å². The van der Waals surface area contributed by atoms with E-state index in [-0.39, 0.29) is 0 Å². The largest absolute Gasteiger partial charge is 0.340 e. The second-order valence-electron chi connectivity index (χ2n) is 6.37. The highest BCUT2D eigenvalue weighted by atomic mass is 15.1. The van der Waals surface area contributed by atoms with E-state index in [9.17, 15) is 0 Å². The molecule has 4 aromatic rings. The average molecular weight is 334 g/mol. The maximum absolute atomic E-state index is 4.80. The first-order valence-corrected chi connectivity index (χ1v) is 8.84. The monoisotopic (exact) mass is 334 g/mol. The predicted molar refractivity (Wildman–Crippen MR) is 98.6 cm³/mol. The molecule has 0 saturated heterocycles. The Morgan fingerprint density at radius 1 is 1.08 bits per heavy atom. The zero-order valence-corrected chi connectivity index (χ0v) is 14.9. The minimum atomic E-state index is 0.711. The fourth-order valence-electron chi connectivity index (χ4n) is 3.29. The number of aryl methyl sites for hydroxylation is 3. The van der Waals surface area contributed by atoms with Gasteiger partial charge in [-0.15, -0.1) is 0 Å². The zero-order valence-electron chi connectivity index (χ0n) is 14.9. The van der Waals surface area contributed by atoms with E-state index in [0.717, 1.165) is 64.4 Å². The lowest BCUT2D eigenvalue weighted by Gasteiger charge is -2.08. The van der Waals surface area contributed by atoms with E-state index in [1.165, 1.54) is 0 Å². The maximum atomic E-state index is 4.80. The van der Waals surface area contributed by atoms with Crippen molar-refractivity contribution < 1.29 is 0 Å². The van der Waals surface area contributed by atoms with E-state index >= 15 is 0 Å². The molecule has 0 aromatic carbocycles. The van der Waals surface area contributed by atoms with Gasteiger partial charge in [0, 0.05) is 30.8 Å². The summed E-state index contributed by atoms with van der Waals surface area (Å²) >= 11 is 0. The third-order valence-electron chi connectivity index (χ3n) is 4.57. The van der Waals surface area contributed by atoms with Crippen molar-refractivity contribution in [1.82, 2.24) is 29.5 Å². The number of aromatic amines is 1. The van der Waals surface area contributed by atoms with Crippen LogP contribution in [-0.2, 0) is 19.4 Å². The van der Waals surface area contributed by atoms with Crippen LogP contribution in [0.15, 0.2) is 24.5 Å². The number of H-pyrrole nitrogens is 1. The summed E-state index contributed by atoms with van der Waals surface area (Å²) < 4.78 is 2.21. The fraction of sp³-hybridized carbons (Fsp3) is 0.368. The number of fused-ring (bicyclic) bond motifs is 2. The van der Waals surface area contributed by atoms with Crippen molar-refractivity contribution in [3.05, 3.63) is 47.3 Å². The molecule has 0 saturated carbocycles. The van der Waals surface area contributed by atoms with Gasteiger partial charge in [0.25, 0.3) is 0 Å². The summed E-state index contributed by atoms with van der Waals surface area (Å²) in [6.45, 7) is 7.08. The van der Waals surface area contributed by atoms with Gasteiger partial charge in [-0.25, -0.2) is 19.9 Å². The van der Waals surface area contributed by atoms with Crippen molar-refractivity contribution in [2.45, 2.75) is 46.6 Å². The van der Waals surface area contributed by atoms with Crippen LogP contribution in [0.5, 0.6) is 0 Å². The topological polar surface area (TPSA) is 72.3 Å². The first kappa shape index (κ1) is 15.7. The van der Waals surface area contributed by atoms with E-state index in [2.05, 4.69) is 51.3 Å². The van der Waals surface area contributed by atoms with Crippen molar-refractivity contribution in [2.75, 3.05) is 0 Å². The molecule has 0 amide bonds. The van der Waals surface area contributed by atoms with Gasteiger partial charge in [-0.3, -0.25) is 0 Å².